The molecule has 0 radical (unpaired) electrons. The summed E-state index contributed by atoms with van der Waals surface area (Å²) in [7, 11) is 0. The number of rotatable bonds is 2. The van der Waals surface area contributed by atoms with Crippen LogP contribution in [0.3, 0.4) is 0 Å². The Hall–Kier alpha value is -1.94. The summed E-state index contributed by atoms with van der Waals surface area (Å²) in [5.41, 5.74) is 2.26. The standard InChI is InChI=1S/C20H22N2OS/c1-20(2,3)21-19(23)13-12-16(13)22-14-8-4-6-10-17(14)24-18-11-7-5-9-15(18)22/h4-11,13,16H,12H2,1-3H3,(H,21,23)/t13-,16-/m1/s1. The van der Waals surface area contributed by atoms with Crippen LogP contribution in [-0.2, 0) is 4.79 Å². The quantitative estimate of drug-likeness (QED) is 0.869. The van der Waals surface area contributed by atoms with E-state index in [9.17, 15) is 4.79 Å². The highest BCUT2D eigenvalue weighted by molar-refractivity contribution is 7.99. The lowest BCUT2D eigenvalue weighted by Crippen LogP contribution is -2.42. The molecule has 3 nitrogen and oxygen atoms in total. The van der Waals surface area contributed by atoms with Gasteiger partial charge in [-0.15, -0.1) is 0 Å². The van der Waals surface area contributed by atoms with Gasteiger partial charge < -0.3 is 10.2 Å². The molecule has 1 heterocycles. The monoisotopic (exact) mass is 338 g/mol. The number of carbonyl (C=O) groups is 1. The summed E-state index contributed by atoms with van der Waals surface area (Å²) in [4.78, 5) is 17.4. The van der Waals surface area contributed by atoms with E-state index in [1.807, 2.05) is 32.5 Å². The van der Waals surface area contributed by atoms with E-state index in [1.54, 1.807) is 0 Å². The van der Waals surface area contributed by atoms with Crippen molar-refractivity contribution < 1.29 is 4.79 Å². The largest absolute Gasteiger partial charge is 0.351 e. The minimum atomic E-state index is -0.183. The molecule has 0 saturated heterocycles. The third kappa shape index (κ3) is 2.80. The van der Waals surface area contributed by atoms with Crippen LogP contribution in [0.25, 0.3) is 0 Å². The molecule has 0 unspecified atom stereocenters. The van der Waals surface area contributed by atoms with Crippen molar-refractivity contribution in [2.24, 2.45) is 5.92 Å². The molecular formula is C20H22N2OS. The third-order valence-corrected chi connectivity index (χ3v) is 5.52. The molecule has 2 atom stereocenters. The van der Waals surface area contributed by atoms with Gasteiger partial charge >= 0.3 is 0 Å². The molecule has 2 aromatic carbocycles. The number of carbonyl (C=O) groups excluding carboxylic acids is 1. The van der Waals surface area contributed by atoms with Crippen molar-refractivity contribution in [2.45, 2.75) is 48.6 Å². The Morgan fingerprint density at radius 3 is 2.12 bits per heavy atom. The molecule has 1 N–H and O–H groups in total. The summed E-state index contributed by atoms with van der Waals surface area (Å²) in [6.45, 7) is 6.10. The maximum atomic E-state index is 12.6. The molecule has 0 aromatic heterocycles. The topological polar surface area (TPSA) is 32.3 Å². The van der Waals surface area contributed by atoms with E-state index >= 15 is 0 Å². The van der Waals surface area contributed by atoms with E-state index in [-0.39, 0.29) is 23.4 Å². The molecule has 0 spiro atoms. The molecule has 0 bridgehead atoms. The van der Waals surface area contributed by atoms with Gasteiger partial charge in [-0.2, -0.15) is 0 Å². The second-order valence-electron chi connectivity index (χ2n) is 7.56. The zero-order chi connectivity index (χ0) is 16.9. The first-order chi connectivity index (χ1) is 11.4. The van der Waals surface area contributed by atoms with E-state index < -0.39 is 0 Å². The maximum absolute atomic E-state index is 12.6. The van der Waals surface area contributed by atoms with E-state index in [4.69, 9.17) is 0 Å². The Kier molecular flexibility index (Phi) is 3.61. The van der Waals surface area contributed by atoms with Crippen LogP contribution in [0.1, 0.15) is 27.2 Å². The molecule has 1 aliphatic carbocycles. The highest BCUT2D eigenvalue weighted by Gasteiger charge is 2.49. The molecular weight excluding hydrogens is 316 g/mol. The second-order valence-corrected chi connectivity index (χ2v) is 8.64. The Morgan fingerprint density at radius 1 is 1.04 bits per heavy atom. The predicted molar refractivity (Wildman–Crippen MR) is 98.9 cm³/mol. The van der Waals surface area contributed by atoms with E-state index in [2.05, 4.69) is 58.7 Å². The van der Waals surface area contributed by atoms with Crippen molar-refractivity contribution in [3.8, 4) is 0 Å². The molecule has 4 rings (SSSR count). The highest BCUT2D eigenvalue weighted by atomic mass is 32.2. The number of amides is 1. The Labute approximate surface area is 147 Å². The van der Waals surface area contributed by atoms with Crippen LogP contribution in [0.15, 0.2) is 58.3 Å². The van der Waals surface area contributed by atoms with Crippen molar-refractivity contribution >= 4 is 29.0 Å². The number of hydrogen-bond donors (Lipinski definition) is 1. The minimum Gasteiger partial charge on any atom is -0.351 e. The molecule has 24 heavy (non-hydrogen) atoms. The van der Waals surface area contributed by atoms with Gasteiger partial charge in [-0.1, -0.05) is 36.0 Å². The average Bonchev–Trinajstić information content (AvgIpc) is 3.31. The summed E-state index contributed by atoms with van der Waals surface area (Å²) in [5, 5.41) is 3.13. The number of anilines is 2. The maximum Gasteiger partial charge on any atom is 0.225 e. The number of benzene rings is 2. The fourth-order valence-corrected chi connectivity index (χ4v) is 4.37. The van der Waals surface area contributed by atoms with E-state index in [0.29, 0.717) is 0 Å². The smallest absolute Gasteiger partial charge is 0.225 e. The second kappa shape index (κ2) is 5.55. The Bertz CT molecular complexity index is 751. The van der Waals surface area contributed by atoms with Crippen LogP contribution >= 0.6 is 11.8 Å². The van der Waals surface area contributed by atoms with Gasteiger partial charge in [-0.05, 0) is 51.5 Å². The Morgan fingerprint density at radius 2 is 1.58 bits per heavy atom. The molecule has 1 aliphatic heterocycles. The fourth-order valence-electron chi connectivity index (χ4n) is 3.30. The number of nitrogens with one attached hydrogen (secondary N) is 1. The molecule has 2 aromatic rings. The predicted octanol–water partition coefficient (Wildman–Crippen LogP) is 4.59. The van der Waals surface area contributed by atoms with Gasteiger partial charge in [0.1, 0.15) is 0 Å². The number of para-hydroxylation sites is 2. The minimum absolute atomic E-state index is 0.0634. The average molecular weight is 338 g/mol. The molecule has 2 aliphatic rings. The first-order valence-corrected chi connectivity index (χ1v) is 9.23. The molecule has 124 valence electrons. The summed E-state index contributed by atoms with van der Waals surface area (Å²) in [6, 6.07) is 17.2. The first-order valence-electron chi connectivity index (χ1n) is 8.41. The number of nitrogens with zero attached hydrogens (tertiary/aromatic N) is 1. The highest BCUT2D eigenvalue weighted by Crippen LogP contribution is 2.53. The lowest BCUT2D eigenvalue weighted by molar-refractivity contribution is -0.123. The summed E-state index contributed by atoms with van der Waals surface area (Å²) >= 11 is 1.81. The number of hydrogen-bond acceptors (Lipinski definition) is 3. The van der Waals surface area contributed by atoms with Gasteiger partial charge in [0.15, 0.2) is 0 Å². The van der Waals surface area contributed by atoms with Gasteiger partial charge in [0, 0.05) is 21.4 Å². The van der Waals surface area contributed by atoms with Gasteiger partial charge in [0.25, 0.3) is 0 Å². The summed E-state index contributed by atoms with van der Waals surface area (Å²) in [5.74, 6) is 0.231. The molecule has 1 saturated carbocycles. The lowest BCUT2D eigenvalue weighted by atomic mass is 10.1. The van der Waals surface area contributed by atoms with E-state index in [1.165, 1.54) is 21.2 Å². The van der Waals surface area contributed by atoms with Crippen molar-refractivity contribution in [1.82, 2.24) is 5.32 Å². The van der Waals surface area contributed by atoms with Crippen LogP contribution < -0.4 is 10.2 Å². The SMILES string of the molecule is CC(C)(C)NC(=O)[C@@H]1C[C@H]1N1c2ccccc2Sc2ccccc21. The molecule has 4 heteroatoms. The summed E-state index contributed by atoms with van der Waals surface area (Å²) < 4.78 is 0. The fraction of sp³-hybridized carbons (Fsp3) is 0.350. The van der Waals surface area contributed by atoms with Gasteiger partial charge in [-0.3, -0.25) is 4.79 Å². The third-order valence-electron chi connectivity index (χ3n) is 4.39. The number of fused-ring (bicyclic) bond motifs is 2. The summed E-state index contributed by atoms with van der Waals surface area (Å²) in [6.07, 6.45) is 0.912. The van der Waals surface area contributed by atoms with Gasteiger partial charge in [0.05, 0.1) is 17.3 Å². The van der Waals surface area contributed by atoms with E-state index in [0.717, 1.165) is 6.42 Å². The van der Waals surface area contributed by atoms with Gasteiger partial charge in [-0.25, -0.2) is 0 Å². The van der Waals surface area contributed by atoms with Crippen LogP contribution in [0.5, 0.6) is 0 Å². The zero-order valence-corrected chi connectivity index (χ0v) is 15.1. The lowest BCUT2D eigenvalue weighted by Gasteiger charge is -2.33. The molecule has 1 amide bonds. The van der Waals surface area contributed by atoms with Crippen molar-refractivity contribution in [3.05, 3.63) is 48.5 Å². The van der Waals surface area contributed by atoms with Gasteiger partial charge in [0.2, 0.25) is 5.91 Å². The molecule has 1 fully saturated rings. The van der Waals surface area contributed by atoms with Crippen LogP contribution in [0.2, 0.25) is 0 Å². The Balaban J connectivity index is 1.66. The van der Waals surface area contributed by atoms with Crippen molar-refractivity contribution in [2.75, 3.05) is 4.90 Å². The van der Waals surface area contributed by atoms with Crippen LogP contribution in [0, 0.1) is 5.92 Å². The van der Waals surface area contributed by atoms with Crippen molar-refractivity contribution in [1.29, 1.82) is 0 Å². The zero-order valence-electron chi connectivity index (χ0n) is 14.2. The van der Waals surface area contributed by atoms with Crippen LogP contribution in [-0.4, -0.2) is 17.5 Å². The van der Waals surface area contributed by atoms with Crippen LogP contribution in [0.4, 0.5) is 11.4 Å². The first kappa shape index (κ1) is 15.6. The normalized spacial score (nSPS) is 21.7. The van der Waals surface area contributed by atoms with Crippen molar-refractivity contribution in [3.63, 3.8) is 0 Å².